The summed E-state index contributed by atoms with van der Waals surface area (Å²) >= 11 is 0. The fourth-order valence-electron chi connectivity index (χ4n) is 4.87. The number of carbonyl (C=O) groups is 2. The number of nitrogens with zero attached hydrogens (tertiary/aromatic N) is 2. The second-order valence-corrected chi connectivity index (χ2v) is 10.5. The Bertz CT molecular complexity index is 734. The highest BCUT2D eigenvalue weighted by atomic mass is 16.5. The van der Waals surface area contributed by atoms with Crippen LogP contribution in [0.15, 0.2) is 23.6 Å². The van der Waals surface area contributed by atoms with Gasteiger partial charge in [0.2, 0.25) is 5.91 Å². The summed E-state index contributed by atoms with van der Waals surface area (Å²) in [6, 6.07) is 0.189. The Balaban J connectivity index is 1.77. The molecule has 3 heterocycles. The molecule has 0 spiro atoms. The van der Waals surface area contributed by atoms with Crippen LogP contribution in [0.1, 0.15) is 67.7 Å². The molecule has 3 rings (SSSR count). The molecule has 0 radical (unpaired) electrons. The second kappa shape index (κ2) is 8.64. The summed E-state index contributed by atoms with van der Waals surface area (Å²) in [6.45, 7) is 16.4. The van der Waals surface area contributed by atoms with Crippen LogP contribution in [0.4, 0.5) is 0 Å². The van der Waals surface area contributed by atoms with Gasteiger partial charge in [0, 0.05) is 30.9 Å². The fraction of sp³-hybridized carbons (Fsp3) is 0.750. The van der Waals surface area contributed by atoms with Crippen molar-refractivity contribution in [2.45, 2.75) is 91.5 Å². The lowest BCUT2D eigenvalue weighted by molar-refractivity contribution is -0.129. The largest absolute Gasteiger partial charge is 0.490 e. The highest BCUT2D eigenvalue weighted by Crippen LogP contribution is 2.36. The Morgan fingerprint density at radius 2 is 1.90 bits per heavy atom. The molecule has 6 heteroatoms. The van der Waals surface area contributed by atoms with Crippen molar-refractivity contribution >= 4 is 11.8 Å². The van der Waals surface area contributed by atoms with Crippen molar-refractivity contribution < 1.29 is 14.3 Å². The summed E-state index contributed by atoms with van der Waals surface area (Å²) in [7, 11) is 0. The number of hydrogen-bond acceptors (Lipinski definition) is 4. The monoisotopic (exact) mass is 417 g/mol. The maximum absolute atomic E-state index is 13.0. The number of amides is 2. The summed E-state index contributed by atoms with van der Waals surface area (Å²) in [6.07, 6.45) is 6.28. The van der Waals surface area contributed by atoms with Crippen LogP contribution >= 0.6 is 0 Å². The quantitative estimate of drug-likeness (QED) is 0.689. The van der Waals surface area contributed by atoms with Crippen molar-refractivity contribution in [3.05, 3.63) is 23.6 Å². The predicted octanol–water partition coefficient (Wildman–Crippen LogP) is 3.45. The lowest BCUT2D eigenvalue weighted by atomic mass is 9.96. The summed E-state index contributed by atoms with van der Waals surface area (Å²) in [5.74, 6) is 1.68. The minimum atomic E-state index is -0.333. The van der Waals surface area contributed by atoms with Gasteiger partial charge in [0.25, 0.3) is 5.91 Å². The van der Waals surface area contributed by atoms with Gasteiger partial charge in [-0.15, -0.1) is 0 Å². The first-order valence-electron chi connectivity index (χ1n) is 11.5. The average Bonchev–Trinajstić information content (AvgIpc) is 3.29. The lowest BCUT2D eigenvalue weighted by Crippen LogP contribution is -2.48. The normalized spacial score (nSPS) is 28.2. The first-order chi connectivity index (χ1) is 14.0. The third-order valence-corrected chi connectivity index (χ3v) is 6.30. The molecule has 0 aliphatic carbocycles. The molecule has 1 fully saturated rings. The molecule has 1 saturated heterocycles. The van der Waals surface area contributed by atoms with Crippen LogP contribution in [0.5, 0.6) is 0 Å². The topological polar surface area (TPSA) is 61.9 Å². The zero-order chi connectivity index (χ0) is 22.2. The van der Waals surface area contributed by atoms with Gasteiger partial charge in [-0.3, -0.25) is 9.59 Å². The van der Waals surface area contributed by atoms with E-state index in [1.807, 2.05) is 20.8 Å². The van der Waals surface area contributed by atoms with Crippen molar-refractivity contribution in [3.8, 4) is 0 Å². The number of ether oxygens (including phenoxy) is 1. The standard InChI is InChI=1S/C24H39N3O3/c1-8-16(4)23-20(30-24(5,6)7)13-22(29)27(23)17-9-10-26(14-17)19-12-21(28)25-18(19)11-15(2)3/h12-13,15-18,23H,8-11,14H2,1-7H3,(H,25,28)/t16-,17?,18?,23?/m0/s1. The highest BCUT2D eigenvalue weighted by Gasteiger charge is 2.45. The molecule has 2 amide bonds. The van der Waals surface area contributed by atoms with E-state index in [0.29, 0.717) is 11.8 Å². The summed E-state index contributed by atoms with van der Waals surface area (Å²) in [4.78, 5) is 29.5. The Hall–Kier alpha value is -1.98. The Kier molecular flexibility index (Phi) is 6.54. The summed E-state index contributed by atoms with van der Waals surface area (Å²) in [5.41, 5.74) is 0.752. The molecule has 4 atom stereocenters. The number of carbonyl (C=O) groups excluding carboxylic acids is 2. The third-order valence-electron chi connectivity index (χ3n) is 6.30. The van der Waals surface area contributed by atoms with Gasteiger partial charge >= 0.3 is 0 Å². The minimum absolute atomic E-state index is 0.00337. The van der Waals surface area contributed by atoms with E-state index < -0.39 is 0 Å². The van der Waals surface area contributed by atoms with Crippen LogP contribution in [0, 0.1) is 11.8 Å². The van der Waals surface area contributed by atoms with Gasteiger partial charge < -0.3 is 19.9 Å². The molecule has 1 N–H and O–H groups in total. The van der Waals surface area contributed by atoms with Crippen molar-refractivity contribution in [1.29, 1.82) is 0 Å². The molecular formula is C24H39N3O3. The summed E-state index contributed by atoms with van der Waals surface area (Å²) in [5, 5.41) is 3.09. The van der Waals surface area contributed by atoms with Gasteiger partial charge in [0.15, 0.2) is 0 Å². The first kappa shape index (κ1) is 22.7. The SMILES string of the molecule is CC[C@H](C)C1C(OC(C)(C)C)=CC(=O)N1C1CCN(C2=CC(=O)NC2CC(C)C)C1. The molecule has 3 aliphatic rings. The molecule has 0 bridgehead atoms. The number of nitrogens with one attached hydrogen (secondary N) is 1. The lowest BCUT2D eigenvalue weighted by Gasteiger charge is -2.37. The van der Waals surface area contributed by atoms with Crippen LogP contribution < -0.4 is 5.32 Å². The van der Waals surface area contributed by atoms with Crippen molar-refractivity contribution in [2.24, 2.45) is 11.8 Å². The zero-order valence-corrected chi connectivity index (χ0v) is 19.7. The zero-order valence-electron chi connectivity index (χ0n) is 19.7. The molecule has 0 saturated carbocycles. The summed E-state index contributed by atoms with van der Waals surface area (Å²) < 4.78 is 6.21. The van der Waals surface area contributed by atoms with Crippen LogP contribution in [-0.2, 0) is 14.3 Å². The van der Waals surface area contributed by atoms with Crippen molar-refractivity contribution in [1.82, 2.24) is 15.1 Å². The van der Waals surface area contributed by atoms with E-state index >= 15 is 0 Å². The van der Waals surface area contributed by atoms with E-state index in [1.165, 1.54) is 0 Å². The number of likely N-dealkylation sites (tertiary alicyclic amines) is 1. The predicted molar refractivity (Wildman–Crippen MR) is 118 cm³/mol. The maximum Gasteiger partial charge on any atom is 0.250 e. The van der Waals surface area contributed by atoms with Gasteiger partial charge in [0.1, 0.15) is 11.4 Å². The van der Waals surface area contributed by atoms with Crippen LogP contribution in [-0.4, -0.2) is 58.4 Å². The molecule has 0 aromatic heterocycles. The van der Waals surface area contributed by atoms with E-state index in [4.69, 9.17) is 4.74 Å². The molecule has 0 aromatic carbocycles. The van der Waals surface area contributed by atoms with Gasteiger partial charge in [0.05, 0.1) is 18.1 Å². The van der Waals surface area contributed by atoms with Gasteiger partial charge in [-0.1, -0.05) is 34.1 Å². The van der Waals surface area contributed by atoms with Crippen LogP contribution in [0.2, 0.25) is 0 Å². The minimum Gasteiger partial charge on any atom is -0.490 e. The van der Waals surface area contributed by atoms with E-state index in [0.717, 1.165) is 43.8 Å². The van der Waals surface area contributed by atoms with E-state index in [1.54, 1.807) is 12.2 Å². The fourth-order valence-corrected chi connectivity index (χ4v) is 4.87. The van der Waals surface area contributed by atoms with Gasteiger partial charge in [-0.25, -0.2) is 0 Å². The smallest absolute Gasteiger partial charge is 0.250 e. The van der Waals surface area contributed by atoms with Crippen LogP contribution in [0.25, 0.3) is 0 Å². The Morgan fingerprint density at radius 3 is 2.50 bits per heavy atom. The van der Waals surface area contributed by atoms with Crippen LogP contribution in [0.3, 0.4) is 0 Å². The molecule has 3 unspecified atom stereocenters. The Morgan fingerprint density at radius 1 is 1.20 bits per heavy atom. The molecule has 168 valence electrons. The van der Waals surface area contributed by atoms with Gasteiger partial charge in [-0.05, 0) is 45.4 Å². The van der Waals surface area contributed by atoms with Crippen molar-refractivity contribution in [3.63, 3.8) is 0 Å². The molecule has 6 nitrogen and oxygen atoms in total. The highest BCUT2D eigenvalue weighted by molar-refractivity contribution is 5.92. The van der Waals surface area contributed by atoms with E-state index in [-0.39, 0.29) is 35.5 Å². The maximum atomic E-state index is 13.0. The van der Waals surface area contributed by atoms with E-state index in [2.05, 4.69) is 42.8 Å². The molecule has 0 aromatic rings. The second-order valence-electron chi connectivity index (χ2n) is 10.5. The Labute approximate surface area is 181 Å². The molecule has 30 heavy (non-hydrogen) atoms. The van der Waals surface area contributed by atoms with E-state index in [9.17, 15) is 9.59 Å². The average molecular weight is 418 g/mol. The number of hydrogen-bond donors (Lipinski definition) is 1. The molecular weight excluding hydrogens is 378 g/mol. The van der Waals surface area contributed by atoms with Gasteiger partial charge in [-0.2, -0.15) is 0 Å². The molecule has 3 aliphatic heterocycles. The number of rotatable bonds is 7. The first-order valence-corrected chi connectivity index (χ1v) is 11.5. The van der Waals surface area contributed by atoms with Crippen molar-refractivity contribution in [2.75, 3.05) is 13.1 Å². The third kappa shape index (κ3) is 4.84.